The number of carbonyl (C=O) groups is 1. The number of nitrogens with zero attached hydrogens (tertiary/aromatic N) is 2. The molecule has 0 saturated heterocycles. The molecule has 26 heavy (non-hydrogen) atoms. The number of alkyl halides is 3. The first-order valence-electron chi connectivity index (χ1n) is 7.49. The fourth-order valence-corrected chi connectivity index (χ4v) is 2.09. The van der Waals surface area contributed by atoms with Gasteiger partial charge < -0.3 is 15.1 Å². The Bertz CT molecular complexity index is 878. The predicted octanol–water partition coefficient (Wildman–Crippen LogP) is 3.95. The van der Waals surface area contributed by atoms with Crippen molar-refractivity contribution in [1.29, 1.82) is 0 Å². The molecule has 3 rings (SSSR count). The molecule has 0 saturated carbocycles. The maximum atomic E-state index is 12.7. The average Bonchev–Trinajstić information content (AvgIpc) is 3.13. The van der Waals surface area contributed by atoms with Gasteiger partial charge in [0.2, 0.25) is 5.95 Å². The van der Waals surface area contributed by atoms with Crippen LogP contribution >= 0.6 is 0 Å². The van der Waals surface area contributed by atoms with Crippen LogP contribution in [0.4, 0.5) is 24.8 Å². The first-order chi connectivity index (χ1) is 12.4. The van der Waals surface area contributed by atoms with Gasteiger partial charge in [0.1, 0.15) is 5.76 Å². The van der Waals surface area contributed by atoms with Crippen LogP contribution < -0.4 is 10.6 Å². The number of nitrogens with one attached hydrogen (secondary N) is 2. The smallest absolute Gasteiger partial charge is 0.416 e. The lowest BCUT2D eigenvalue weighted by Crippen LogP contribution is -2.14. The van der Waals surface area contributed by atoms with Crippen molar-refractivity contribution in [3.8, 4) is 0 Å². The first-order valence-corrected chi connectivity index (χ1v) is 7.49. The monoisotopic (exact) mass is 362 g/mol. The number of anilines is 2. The summed E-state index contributed by atoms with van der Waals surface area (Å²) in [6.45, 7) is 0.378. The summed E-state index contributed by atoms with van der Waals surface area (Å²) in [5.74, 6) is 0.374. The van der Waals surface area contributed by atoms with Crippen LogP contribution in [0, 0.1) is 0 Å². The molecule has 2 heterocycles. The van der Waals surface area contributed by atoms with Crippen LogP contribution in [-0.4, -0.2) is 15.9 Å². The second-order valence-electron chi connectivity index (χ2n) is 5.26. The zero-order valence-corrected chi connectivity index (χ0v) is 13.2. The Morgan fingerprint density at radius 3 is 2.54 bits per heavy atom. The number of amides is 1. The Labute approximate surface area is 146 Å². The highest BCUT2D eigenvalue weighted by atomic mass is 19.4. The third kappa shape index (κ3) is 4.38. The summed E-state index contributed by atoms with van der Waals surface area (Å²) in [4.78, 5) is 20.1. The molecule has 2 N–H and O–H groups in total. The van der Waals surface area contributed by atoms with Gasteiger partial charge in [0.25, 0.3) is 5.91 Å². The average molecular weight is 362 g/mol. The number of furan rings is 1. The van der Waals surface area contributed by atoms with Crippen molar-refractivity contribution in [3.05, 3.63) is 71.9 Å². The van der Waals surface area contributed by atoms with E-state index in [0.29, 0.717) is 12.3 Å². The van der Waals surface area contributed by atoms with Crippen molar-refractivity contribution in [2.24, 2.45) is 0 Å². The van der Waals surface area contributed by atoms with Gasteiger partial charge >= 0.3 is 6.18 Å². The van der Waals surface area contributed by atoms with Crippen LogP contribution in [0.25, 0.3) is 0 Å². The number of hydrogen-bond donors (Lipinski definition) is 2. The van der Waals surface area contributed by atoms with E-state index in [1.54, 1.807) is 18.4 Å². The van der Waals surface area contributed by atoms with Crippen molar-refractivity contribution in [2.45, 2.75) is 12.7 Å². The van der Waals surface area contributed by atoms with E-state index in [1.807, 2.05) is 0 Å². The predicted molar refractivity (Wildman–Crippen MR) is 87.5 cm³/mol. The zero-order valence-electron chi connectivity index (χ0n) is 13.2. The highest BCUT2D eigenvalue weighted by Crippen LogP contribution is 2.30. The minimum atomic E-state index is -4.48. The van der Waals surface area contributed by atoms with Gasteiger partial charge in [-0.05, 0) is 30.3 Å². The Hall–Kier alpha value is -3.36. The molecule has 6 nitrogen and oxygen atoms in total. The van der Waals surface area contributed by atoms with Gasteiger partial charge in [-0.1, -0.05) is 6.07 Å². The lowest BCUT2D eigenvalue weighted by molar-refractivity contribution is -0.137. The zero-order chi connectivity index (χ0) is 18.6. The highest BCUT2D eigenvalue weighted by molar-refractivity contribution is 6.03. The molecule has 0 aliphatic rings. The summed E-state index contributed by atoms with van der Waals surface area (Å²) < 4.78 is 43.3. The molecular weight excluding hydrogens is 349 g/mol. The van der Waals surface area contributed by atoms with E-state index in [0.717, 1.165) is 12.1 Å². The summed E-state index contributed by atoms with van der Waals surface area (Å²) in [7, 11) is 0. The number of aromatic nitrogens is 2. The van der Waals surface area contributed by atoms with E-state index in [9.17, 15) is 18.0 Å². The van der Waals surface area contributed by atoms with E-state index >= 15 is 0 Å². The van der Waals surface area contributed by atoms with Crippen LogP contribution in [0.15, 0.2) is 59.5 Å². The first kappa shape index (κ1) is 17.5. The Morgan fingerprint density at radius 2 is 1.88 bits per heavy atom. The lowest BCUT2D eigenvalue weighted by atomic mass is 10.2. The maximum Gasteiger partial charge on any atom is 0.416 e. The fraction of sp³-hybridized carbons (Fsp3) is 0.118. The summed E-state index contributed by atoms with van der Waals surface area (Å²) in [6.07, 6.45) is -0.384. The Kier molecular flexibility index (Phi) is 4.87. The molecule has 0 aliphatic carbocycles. The molecule has 0 radical (unpaired) electrons. The summed E-state index contributed by atoms with van der Waals surface area (Å²) >= 11 is 0. The van der Waals surface area contributed by atoms with E-state index in [4.69, 9.17) is 4.42 Å². The topological polar surface area (TPSA) is 80.0 Å². The quantitative estimate of drug-likeness (QED) is 0.718. The van der Waals surface area contributed by atoms with Crippen LogP contribution in [0.5, 0.6) is 0 Å². The van der Waals surface area contributed by atoms with Crippen LogP contribution in [0.1, 0.15) is 21.7 Å². The van der Waals surface area contributed by atoms with Gasteiger partial charge in [-0.15, -0.1) is 0 Å². The van der Waals surface area contributed by atoms with Gasteiger partial charge in [0, 0.05) is 18.1 Å². The third-order valence-electron chi connectivity index (χ3n) is 3.36. The largest absolute Gasteiger partial charge is 0.467 e. The second-order valence-corrected chi connectivity index (χ2v) is 5.26. The van der Waals surface area contributed by atoms with Crippen molar-refractivity contribution >= 4 is 17.5 Å². The molecule has 0 fully saturated rings. The third-order valence-corrected chi connectivity index (χ3v) is 3.36. The fourth-order valence-electron chi connectivity index (χ4n) is 2.09. The van der Waals surface area contributed by atoms with Crippen molar-refractivity contribution in [1.82, 2.24) is 9.97 Å². The van der Waals surface area contributed by atoms with Crippen LogP contribution in [0.2, 0.25) is 0 Å². The molecule has 0 spiro atoms. The minimum absolute atomic E-state index is 0.0323. The standard InChI is InChI=1S/C17H13F3N4O2/c18-17(19,20)12-3-1-4-13(7-12)24-15(25)11-8-21-16(22-9-11)23-10-14-5-2-6-26-14/h1-9H,10H2,(H,24,25)(H,21,22,23). The molecule has 1 amide bonds. The molecule has 9 heteroatoms. The SMILES string of the molecule is O=C(Nc1cccc(C(F)(F)F)c1)c1cnc(NCc2ccco2)nc1. The van der Waals surface area contributed by atoms with E-state index in [2.05, 4.69) is 20.6 Å². The highest BCUT2D eigenvalue weighted by Gasteiger charge is 2.30. The molecular formula is C17H13F3N4O2. The number of hydrogen-bond acceptors (Lipinski definition) is 5. The molecule has 0 aliphatic heterocycles. The Balaban J connectivity index is 1.63. The molecule has 0 atom stereocenters. The van der Waals surface area contributed by atoms with Crippen molar-refractivity contribution in [2.75, 3.05) is 10.6 Å². The molecule has 1 aromatic carbocycles. The van der Waals surface area contributed by atoms with Crippen molar-refractivity contribution in [3.63, 3.8) is 0 Å². The van der Waals surface area contributed by atoms with E-state index in [1.165, 1.54) is 24.5 Å². The van der Waals surface area contributed by atoms with Crippen LogP contribution in [-0.2, 0) is 12.7 Å². The maximum absolute atomic E-state index is 12.7. The lowest BCUT2D eigenvalue weighted by Gasteiger charge is -2.10. The summed E-state index contributed by atoms with van der Waals surface area (Å²) in [5.41, 5.74) is -0.695. The number of benzene rings is 1. The number of carbonyl (C=O) groups excluding carboxylic acids is 1. The van der Waals surface area contributed by atoms with Gasteiger partial charge in [0.15, 0.2) is 0 Å². The summed E-state index contributed by atoms with van der Waals surface area (Å²) in [6, 6.07) is 7.91. The van der Waals surface area contributed by atoms with Crippen LogP contribution in [0.3, 0.4) is 0 Å². The number of rotatable bonds is 5. The van der Waals surface area contributed by atoms with Gasteiger partial charge in [-0.3, -0.25) is 4.79 Å². The van der Waals surface area contributed by atoms with Gasteiger partial charge in [-0.25, -0.2) is 9.97 Å². The molecule has 0 unspecified atom stereocenters. The van der Waals surface area contributed by atoms with Gasteiger partial charge in [0.05, 0.1) is 23.9 Å². The van der Waals surface area contributed by atoms with E-state index < -0.39 is 17.6 Å². The summed E-state index contributed by atoms with van der Waals surface area (Å²) in [5, 5.41) is 5.30. The normalized spacial score (nSPS) is 11.2. The number of halogens is 3. The Morgan fingerprint density at radius 1 is 1.12 bits per heavy atom. The van der Waals surface area contributed by atoms with Gasteiger partial charge in [-0.2, -0.15) is 13.2 Å². The van der Waals surface area contributed by atoms with Crippen molar-refractivity contribution < 1.29 is 22.4 Å². The second kappa shape index (κ2) is 7.26. The molecule has 134 valence electrons. The molecule has 0 bridgehead atoms. The minimum Gasteiger partial charge on any atom is -0.467 e. The molecule has 2 aromatic heterocycles. The molecule has 3 aromatic rings. The van der Waals surface area contributed by atoms with E-state index in [-0.39, 0.29) is 17.2 Å².